The predicted molar refractivity (Wildman–Crippen MR) is 59.7 cm³/mol. The molecule has 6 heteroatoms. The zero-order valence-electron chi connectivity index (χ0n) is 10.0. The van der Waals surface area contributed by atoms with Crippen molar-refractivity contribution in [1.82, 2.24) is 5.32 Å². The van der Waals surface area contributed by atoms with Gasteiger partial charge in [0.1, 0.15) is 6.10 Å². The lowest BCUT2D eigenvalue weighted by Crippen LogP contribution is -2.32. The van der Waals surface area contributed by atoms with Crippen molar-refractivity contribution in [2.24, 2.45) is 0 Å². The zero-order chi connectivity index (χ0) is 13.9. The van der Waals surface area contributed by atoms with Crippen LogP contribution in [0.3, 0.4) is 0 Å². The Morgan fingerprint density at radius 2 is 2.06 bits per heavy atom. The highest BCUT2D eigenvalue weighted by Crippen LogP contribution is 2.30. The van der Waals surface area contributed by atoms with Crippen molar-refractivity contribution in [3.8, 4) is 0 Å². The molecule has 1 aromatic carbocycles. The molecule has 0 aromatic heterocycles. The molecule has 0 radical (unpaired) electrons. The summed E-state index contributed by atoms with van der Waals surface area (Å²) in [5.74, 6) is -0.561. The Hall–Kier alpha value is -1.56. The van der Waals surface area contributed by atoms with Gasteiger partial charge >= 0.3 is 6.18 Å². The molecule has 0 saturated heterocycles. The van der Waals surface area contributed by atoms with E-state index in [4.69, 9.17) is 5.11 Å². The average molecular weight is 261 g/mol. The maximum absolute atomic E-state index is 12.4. The first-order valence-corrected chi connectivity index (χ1v) is 5.34. The van der Waals surface area contributed by atoms with Gasteiger partial charge in [0.2, 0.25) is 5.91 Å². The number of hydrogen-bond acceptors (Lipinski definition) is 2. The summed E-state index contributed by atoms with van der Waals surface area (Å²) in [5.41, 5.74) is 0.304. The van der Waals surface area contributed by atoms with Gasteiger partial charge in [0, 0.05) is 6.54 Å². The first-order valence-electron chi connectivity index (χ1n) is 5.34. The fraction of sp³-hybridized carbons (Fsp3) is 0.417. The molecule has 1 unspecified atom stereocenters. The van der Waals surface area contributed by atoms with E-state index in [-0.39, 0.29) is 6.54 Å². The molecule has 0 bridgehead atoms. The van der Waals surface area contributed by atoms with Gasteiger partial charge in [-0.25, -0.2) is 0 Å². The highest BCUT2D eigenvalue weighted by molar-refractivity contribution is 5.79. The van der Waals surface area contributed by atoms with Gasteiger partial charge in [-0.05, 0) is 37.1 Å². The Balaban J connectivity index is 2.78. The van der Waals surface area contributed by atoms with Crippen molar-refractivity contribution in [1.29, 1.82) is 0 Å². The second-order valence-corrected chi connectivity index (χ2v) is 4.03. The normalized spacial score (nSPS) is 13.2. The van der Waals surface area contributed by atoms with Crippen LogP contribution in [0.2, 0.25) is 0 Å². The van der Waals surface area contributed by atoms with Crippen LogP contribution in [0.1, 0.15) is 23.6 Å². The van der Waals surface area contributed by atoms with Crippen molar-refractivity contribution in [3.05, 3.63) is 34.9 Å². The van der Waals surface area contributed by atoms with Gasteiger partial charge in [0.05, 0.1) is 5.56 Å². The van der Waals surface area contributed by atoms with Crippen LogP contribution in [-0.2, 0) is 17.5 Å². The number of amides is 1. The molecule has 18 heavy (non-hydrogen) atoms. The third-order valence-electron chi connectivity index (χ3n) is 2.50. The van der Waals surface area contributed by atoms with Gasteiger partial charge in [0.15, 0.2) is 0 Å². The van der Waals surface area contributed by atoms with Crippen LogP contribution < -0.4 is 5.32 Å². The smallest absolute Gasteiger partial charge is 0.384 e. The zero-order valence-corrected chi connectivity index (χ0v) is 10.0. The molecule has 1 rings (SSSR count). The molecular formula is C12H14F3NO2. The van der Waals surface area contributed by atoms with Crippen LogP contribution in [0.15, 0.2) is 18.2 Å². The summed E-state index contributed by atoms with van der Waals surface area (Å²) in [6, 6.07) is 3.32. The van der Waals surface area contributed by atoms with Crippen LogP contribution in [0.25, 0.3) is 0 Å². The molecule has 0 saturated carbocycles. The lowest BCUT2D eigenvalue weighted by Gasteiger charge is -2.12. The number of aliphatic hydroxyl groups is 1. The van der Waals surface area contributed by atoms with E-state index in [2.05, 4.69) is 5.32 Å². The Labute approximate surface area is 103 Å². The molecule has 100 valence electrons. The van der Waals surface area contributed by atoms with E-state index in [0.717, 1.165) is 12.1 Å². The lowest BCUT2D eigenvalue weighted by atomic mass is 10.0. The second kappa shape index (κ2) is 5.39. The Bertz CT molecular complexity index is 441. The number of alkyl halides is 3. The average Bonchev–Trinajstić information content (AvgIpc) is 2.25. The van der Waals surface area contributed by atoms with E-state index in [0.29, 0.717) is 11.1 Å². The van der Waals surface area contributed by atoms with Gasteiger partial charge in [-0.3, -0.25) is 4.79 Å². The van der Waals surface area contributed by atoms with Gasteiger partial charge in [0.25, 0.3) is 0 Å². The molecule has 0 aliphatic heterocycles. The fourth-order valence-electron chi connectivity index (χ4n) is 1.40. The van der Waals surface area contributed by atoms with Crippen molar-refractivity contribution in [3.63, 3.8) is 0 Å². The van der Waals surface area contributed by atoms with Gasteiger partial charge < -0.3 is 10.4 Å². The second-order valence-electron chi connectivity index (χ2n) is 4.03. The molecule has 3 nitrogen and oxygen atoms in total. The van der Waals surface area contributed by atoms with E-state index in [1.165, 1.54) is 13.0 Å². The van der Waals surface area contributed by atoms with E-state index in [1.54, 1.807) is 6.92 Å². The summed E-state index contributed by atoms with van der Waals surface area (Å²) >= 11 is 0. The van der Waals surface area contributed by atoms with Crippen LogP contribution in [0, 0.1) is 6.92 Å². The Morgan fingerprint density at radius 3 is 2.50 bits per heavy atom. The minimum atomic E-state index is -4.37. The lowest BCUT2D eigenvalue weighted by molar-refractivity contribution is -0.137. The Morgan fingerprint density at radius 1 is 1.44 bits per heavy atom. The van der Waals surface area contributed by atoms with Crippen molar-refractivity contribution in [2.75, 3.05) is 0 Å². The minimum absolute atomic E-state index is 0.0910. The van der Waals surface area contributed by atoms with Crippen molar-refractivity contribution < 1.29 is 23.1 Å². The predicted octanol–water partition coefficient (Wildman–Crippen LogP) is 2.01. The van der Waals surface area contributed by atoms with E-state index < -0.39 is 23.8 Å². The van der Waals surface area contributed by atoms with E-state index in [9.17, 15) is 18.0 Å². The van der Waals surface area contributed by atoms with E-state index in [1.807, 2.05) is 0 Å². The maximum Gasteiger partial charge on any atom is 0.416 e. The SMILES string of the molecule is Cc1cc(C(F)(F)F)ccc1CNC(=O)C(C)O. The summed E-state index contributed by atoms with van der Waals surface area (Å²) in [6.07, 6.45) is -5.51. The molecule has 1 atom stereocenters. The van der Waals surface area contributed by atoms with Crippen molar-refractivity contribution in [2.45, 2.75) is 32.7 Å². The van der Waals surface area contributed by atoms with Crippen LogP contribution in [-0.4, -0.2) is 17.1 Å². The maximum atomic E-state index is 12.4. The van der Waals surface area contributed by atoms with E-state index >= 15 is 0 Å². The molecular weight excluding hydrogens is 247 g/mol. The number of rotatable bonds is 3. The number of carbonyl (C=O) groups is 1. The van der Waals surface area contributed by atoms with Gasteiger partial charge in [-0.2, -0.15) is 13.2 Å². The quantitative estimate of drug-likeness (QED) is 0.874. The first kappa shape index (κ1) is 14.5. The fourth-order valence-corrected chi connectivity index (χ4v) is 1.40. The number of benzene rings is 1. The molecule has 1 aromatic rings. The number of aryl methyl sites for hydroxylation is 1. The molecule has 2 N–H and O–H groups in total. The summed E-state index contributed by atoms with van der Waals surface area (Å²) in [5, 5.41) is 11.4. The number of hydrogen-bond donors (Lipinski definition) is 2. The molecule has 0 spiro atoms. The largest absolute Gasteiger partial charge is 0.416 e. The molecule has 0 aliphatic rings. The Kier molecular flexibility index (Phi) is 4.34. The topological polar surface area (TPSA) is 49.3 Å². The third kappa shape index (κ3) is 3.73. The highest BCUT2D eigenvalue weighted by Gasteiger charge is 2.30. The molecule has 0 aliphatic carbocycles. The molecule has 0 fully saturated rings. The first-order chi connectivity index (χ1) is 8.21. The third-order valence-corrected chi connectivity index (χ3v) is 2.50. The number of halogens is 3. The van der Waals surface area contributed by atoms with Crippen LogP contribution >= 0.6 is 0 Å². The van der Waals surface area contributed by atoms with Gasteiger partial charge in [-0.1, -0.05) is 6.07 Å². The molecule has 0 heterocycles. The minimum Gasteiger partial charge on any atom is -0.384 e. The summed E-state index contributed by atoms with van der Waals surface area (Å²) in [7, 11) is 0. The monoisotopic (exact) mass is 261 g/mol. The summed E-state index contributed by atoms with van der Waals surface area (Å²) in [4.78, 5) is 11.1. The number of carbonyl (C=O) groups excluding carboxylic acids is 1. The standard InChI is InChI=1S/C12H14F3NO2/c1-7-5-10(12(13,14)15)4-3-9(7)6-16-11(18)8(2)17/h3-5,8,17H,6H2,1-2H3,(H,16,18). The summed E-state index contributed by atoms with van der Waals surface area (Å²) in [6.45, 7) is 2.95. The number of nitrogens with one attached hydrogen (secondary N) is 1. The van der Waals surface area contributed by atoms with Gasteiger partial charge in [-0.15, -0.1) is 0 Å². The van der Waals surface area contributed by atoms with Crippen molar-refractivity contribution >= 4 is 5.91 Å². The highest BCUT2D eigenvalue weighted by atomic mass is 19.4. The number of aliphatic hydroxyl groups excluding tert-OH is 1. The van der Waals surface area contributed by atoms with Crippen LogP contribution in [0.4, 0.5) is 13.2 Å². The van der Waals surface area contributed by atoms with Crippen LogP contribution in [0.5, 0.6) is 0 Å². The summed E-state index contributed by atoms with van der Waals surface area (Å²) < 4.78 is 37.3. The molecule has 1 amide bonds.